The molecule has 0 aromatic carbocycles. The summed E-state index contributed by atoms with van der Waals surface area (Å²) in [5, 5.41) is 9.56. The topological polar surface area (TPSA) is 36.3 Å². The predicted molar refractivity (Wildman–Crippen MR) is 122 cm³/mol. The molecule has 4 aliphatic carbocycles. The van der Waals surface area contributed by atoms with Crippen LogP contribution in [-0.2, 0) is 4.74 Å². The molecular weight excluding hydrogens is 366 g/mol. The number of hydrogen-bond donors (Lipinski definition) is 0. The number of nitrogens with zero attached hydrogens (tertiary/aromatic N) is 1. The van der Waals surface area contributed by atoms with Gasteiger partial charge < -0.3 is 4.74 Å². The SMILES string of the molecule is CC(C)CCC[C@@H](C)[C@H]1CC[C@H]2[C@@H]3C[C@@H]4O[C@@]45C[C@@H](C#N)CC[C@]5(C)[C@H]3CC[C@]12C. The molecule has 0 bridgehead atoms. The van der Waals surface area contributed by atoms with E-state index in [9.17, 15) is 5.26 Å². The number of nitriles is 1. The van der Waals surface area contributed by atoms with Crippen LogP contribution in [0.15, 0.2) is 0 Å². The number of fused-ring (bicyclic) bond motifs is 4. The molecule has 168 valence electrons. The van der Waals surface area contributed by atoms with Crippen LogP contribution in [-0.4, -0.2) is 11.7 Å². The predicted octanol–water partition coefficient (Wildman–Crippen LogP) is 7.38. The van der Waals surface area contributed by atoms with Crippen LogP contribution in [0, 0.1) is 63.6 Å². The second kappa shape index (κ2) is 7.23. The Bertz CT molecular complexity index is 710. The molecule has 5 fully saturated rings. The minimum absolute atomic E-state index is 0.0721. The van der Waals surface area contributed by atoms with E-state index < -0.39 is 0 Å². The quantitative estimate of drug-likeness (QED) is 0.442. The lowest BCUT2D eigenvalue weighted by atomic mass is 9.44. The summed E-state index contributed by atoms with van der Waals surface area (Å²) in [5.74, 6) is 5.53. The maximum atomic E-state index is 9.56. The van der Waals surface area contributed by atoms with E-state index in [1.165, 1.54) is 57.8 Å². The maximum Gasteiger partial charge on any atom is 0.102 e. The van der Waals surface area contributed by atoms with E-state index in [0.717, 1.165) is 48.3 Å². The van der Waals surface area contributed by atoms with Crippen molar-refractivity contribution in [2.45, 2.75) is 117 Å². The highest BCUT2D eigenvalue weighted by atomic mass is 16.6. The molecule has 5 rings (SSSR count). The van der Waals surface area contributed by atoms with E-state index in [-0.39, 0.29) is 11.5 Å². The largest absolute Gasteiger partial charge is 0.365 e. The zero-order chi connectivity index (χ0) is 21.3. The van der Waals surface area contributed by atoms with E-state index in [1.807, 2.05) is 0 Å². The van der Waals surface area contributed by atoms with Crippen molar-refractivity contribution in [1.82, 2.24) is 0 Å². The van der Waals surface area contributed by atoms with Crippen molar-refractivity contribution in [1.29, 1.82) is 5.26 Å². The van der Waals surface area contributed by atoms with Crippen molar-refractivity contribution in [2.24, 2.45) is 52.3 Å². The lowest BCUT2D eigenvalue weighted by Gasteiger charge is -2.59. The third-order valence-corrected chi connectivity index (χ3v) is 11.5. The highest BCUT2D eigenvalue weighted by Gasteiger charge is 2.76. The van der Waals surface area contributed by atoms with Crippen molar-refractivity contribution in [3.63, 3.8) is 0 Å². The van der Waals surface area contributed by atoms with Gasteiger partial charge in [0.25, 0.3) is 0 Å². The van der Waals surface area contributed by atoms with Crippen LogP contribution in [0.25, 0.3) is 0 Å². The van der Waals surface area contributed by atoms with E-state index in [1.54, 1.807) is 0 Å². The molecule has 0 aromatic heterocycles. The standard InChI is InChI=1S/C28H45NO/c1-18(2)7-6-8-19(3)22-9-10-23-21-15-25-28(30-25)16-20(17-29)11-14-27(28,5)24(21)12-13-26(22,23)4/h18-25H,6-16H2,1-5H3/t19-,20+,21+,22-,23+,24+,25+,26-,27-,28+/m1/s1. The zero-order valence-electron chi connectivity index (χ0n) is 20.3. The van der Waals surface area contributed by atoms with Gasteiger partial charge in [-0.05, 0) is 92.3 Å². The van der Waals surface area contributed by atoms with Gasteiger partial charge in [-0.2, -0.15) is 5.26 Å². The van der Waals surface area contributed by atoms with Crippen molar-refractivity contribution in [2.75, 3.05) is 0 Å². The Balaban J connectivity index is 1.33. The third kappa shape index (κ3) is 2.89. The van der Waals surface area contributed by atoms with Crippen molar-refractivity contribution >= 4 is 0 Å². The normalized spacial score (nSPS) is 52.6. The van der Waals surface area contributed by atoms with Crippen LogP contribution in [0.3, 0.4) is 0 Å². The van der Waals surface area contributed by atoms with Crippen LogP contribution in [0.1, 0.15) is 105 Å². The van der Waals surface area contributed by atoms with Crippen LogP contribution in [0.2, 0.25) is 0 Å². The summed E-state index contributed by atoms with van der Waals surface area (Å²) in [6, 6.07) is 2.58. The Morgan fingerprint density at radius 2 is 1.80 bits per heavy atom. The van der Waals surface area contributed by atoms with Crippen LogP contribution >= 0.6 is 0 Å². The molecule has 0 amide bonds. The lowest BCUT2D eigenvalue weighted by molar-refractivity contribution is -0.104. The van der Waals surface area contributed by atoms with Gasteiger partial charge in [0.05, 0.1) is 12.2 Å². The molecule has 4 saturated carbocycles. The molecule has 0 N–H and O–H groups in total. The lowest BCUT2D eigenvalue weighted by Crippen LogP contribution is -2.58. The molecule has 2 nitrogen and oxygen atoms in total. The molecule has 2 heteroatoms. The summed E-state index contributed by atoms with van der Waals surface area (Å²) in [7, 11) is 0. The van der Waals surface area contributed by atoms with E-state index in [4.69, 9.17) is 4.74 Å². The Labute approximate surface area is 185 Å². The van der Waals surface area contributed by atoms with Gasteiger partial charge in [-0.25, -0.2) is 0 Å². The first-order chi connectivity index (χ1) is 14.2. The summed E-state index contributed by atoms with van der Waals surface area (Å²) in [6.07, 6.45) is 15.1. The van der Waals surface area contributed by atoms with Gasteiger partial charge in [-0.3, -0.25) is 0 Å². The number of hydrogen-bond acceptors (Lipinski definition) is 2. The maximum absolute atomic E-state index is 9.56. The number of epoxide rings is 1. The Morgan fingerprint density at radius 3 is 2.53 bits per heavy atom. The van der Waals surface area contributed by atoms with E-state index in [0.29, 0.717) is 16.9 Å². The molecule has 30 heavy (non-hydrogen) atoms. The first kappa shape index (κ1) is 21.3. The van der Waals surface area contributed by atoms with E-state index in [2.05, 4.69) is 40.7 Å². The molecule has 1 spiro atoms. The fraction of sp³-hybridized carbons (Fsp3) is 0.964. The molecule has 0 radical (unpaired) electrons. The number of rotatable bonds is 5. The van der Waals surface area contributed by atoms with E-state index >= 15 is 0 Å². The Kier molecular flexibility index (Phi) is 5.13. The minimum Gasteiger partial charge on any atom is -0.365 e. The summed E-state index contributed by atoms with van der Waals surface area (Å²) in [6.45, 7) is 12.6. The van der Waals surface area contributed by atoms with Gasteiger partial charge in [0.1, 0.15) is 5.60 Å². The van der Waals surface area contributed by atoms with Crippen molar-refractivity contribution < 1.29 is 4.74 Å². The van der Waals surface area contributed by atoms with Gasteiger partial charge in [0, 0.05) is 11.3 Å². The Morgan fingerprint density at radius 1 is 1.00 bits per heavy atom. The second-order valence-corrected chi connectivity index (χ2v) is 13.1. The summed E-state index contributed by atoms with van der Waals surface area (Å²) in [4.78, 5) is 0. The van der Waals surface area contributed by atoms with Gasteiger partial charge in [0.15, 0.2) is 0 Å². The molecule has 0 unspecified atom stereocenters. The summed E-state index contributed by atoms with van der Waals surface area (Å²) in [5.41, 5.74) is 0.965. The average Bonchev–Trinajstić information content (AvgIpc) is 3.28. The zero-order valence-corrected chi connectivity index (χ0v) is 20.3. The fourth-order valence-electron chi connectivity index (χ4n) is 9.82. The first-order valence-electron chi connectivity index (χ1n) is 13.3. The van der Waals surface area contributed by atoms with Gasteiger partial charge >= 0.3 is 0 Å². The van der Waals surface area contributed by atoms with Crippen LogP contribution < -0.4 is 0 Å². The highest BCUT2D eigenvalue weighted by Crippen LogP contribution is 2.74. The third-order valence-electron chi connectivity index (χ3n) is 11.5. The Hall–Kier alpha value is -0.550. The second-order valence-electron chi connectivity index (χ2n) is 13.1. The molecule has 1 saturated heterocycles. The molecule has 10 atom stereocenters. The minimum atomic E-state index is 0.0721. The summed E-state index contributed by atoms with van der Waals surface area (Å²) < 4.78 is 6.58. The molecule has 1 aliphatic heterocycles. The highest BCUT2D eigenvalue weighted by molar-refractivity contribution is 5.25. The molecule has 0 aromatic rings. The summed E-state index contributed by atoms with van der Waals surface area (Å²) >= 11 is 0. The molecular formula is C28H45NO. The average molecular weight is 412 g/mol. The van der Waals surface area contributed by atoms with Crippen molar-refractivity contribution in [3.8, 4) is 6.07 Å². The van der Waals surface area contributed by atoms with Gasteiger partial charge in [0.2, 0.25) is 0 Å². The fourth-order valence-corrected chi connectivity index (χ4v) is 9.82. The monoisotopic (exact) mass is 411 g/mol. The van der Waals surface area contributed by atoms with Gasteiger partial charge in [-0.1, -0.05) is 53.9 Å². The molecule has 1 heterocycles. The van der Waals surface area contributed by atoms with Crippen molar-refractivity contribution in [3.05, 3.63) is 0 Å². The number of ether oxygens (including phenoxy) is 1. The smallest absolute Gasteiger partial charge is 0.102 e. The molecule has 5 aliphatic rings. The van der Waals surface area contributed by atoms with Crippen LogP contribution in [0.4, 0.5) is 0 Å². The van der Waals surface area contributed by atoms with Crippen LogP contribution in [0.5, 0.6) is 0 Å². The first-order valence-corrected chi connectivity index (χ1v) is 13.3. The van der Waals surface area contributed by atoms with Gasteiger partial charge in [-0.15, -0.1) is 0 Å².